The molecule has 0 spiro atoms. The Hall–Kier alpha value is -4.12. The van der Waals surface area contributed by atoms with Crippen LogP contribution in [0.1, 0.15) is 49.3 Å². The van der Waals surface area contributed by atoms with Gasteiger partial charge in [-0.1, -0.05) is 42.5 Å². The molecule has 2 aliphatic rings. The van der Waals surface area contributed by atoms with Crippen molar-refractivity contribution >= 4 is 11.7 Å². The second-order valence-corrected chi connectivity index (χ2v) is 11.0. The lowest BCUT2D eigenvalue weighted by atomic mass is 9.70. The first-order valence-electron chi connectivity index (χ1n) is 15.2. The van der Waals surface area contributed by atoms with Crippen molar-refractivity contribution < 1.29 is 43.1 Å². The number of carbonyl (C=O) groups excluding carboxylic acids is 2. The van der Waals surface area contributed by atoms with Crippen molar-refractivity contribution in [3.8, 4) is 23.0 Å². The van der Waals surface area contributed by atoms with Crippen LogP contribution in [-0.4, -0.2) is 64.2 Å². The molecular weight excluding hydrogens is 578 g/mol. The van der Waals surface area contributed by atoms with Crippen LogP contribution in [0.5, 0.6) is 23.0 Å². The first kappa shape index (κ1) is 32.3. The number of fused-ring (bicyclic) bond motifs is 3. The summed E-state index contributed by atoms with van der Waals surface area (Å²) in [5.41, 5.74) is -2.73. The van der Waals surface area contributed by atoms with E-state index in [1.807, 2.05) is 44.2 Å². The Bertz CT molecular complexity index is 1490. The van der Waals surface area contributed by atoms with Gasteiger partial charge in [-0.15, -0.1) is 0 Å². The van der Waals surface area contributed by atoms with Crippen LogP contribution >= 0.6 is 0 Å². The average Bonchev–Trinajstić information content (AvgIpc) is 3.45. The van der Waals surface area contributed by atoms with E-state index in [9.17, 15) is 14.7 Å². The summed E-state index contributed by atoms with van der Waals surface area (Å²) in [6, 6.07) is 19.4. The molecule has 45 heavy (non-hydrogen) atoms. The number of amides is 1. The highest BCUT2D eigenvalue weighted by Crippen LogP contribution is 2.68. The summed E-state index contributed by atoms with van der Waals surface area (Å²) >= 11 is 0. The molecule has 0 bridgehead atoms. The van der Waals surface area contributed by atoms with Crippen LogP contribution < -0.4 is 24.3 Å². The van der Waals surface area contributed by atoms with Crippen molar-refractivity contribution in [2.45, 2.75) is 50.1 Å². The Labute approximate surface area is 263 Å². The molecule has 3 aromatic rings. The summed E-state index contributed by atoms with van der Waals surface area (Å²) in [7, 11) is 4.51. The van der Waals surface area contributed by atoms with Gasteiger partial charge in [0.2, 0.25) is 11.5 Å². The first-order valence-corrected chi connectivity index (χ1v) is 15.2. The van der Waals surface area contributed by atoms with Gasteiger partial charge in [0.15, 0.2) is 17.7 Å². The lowest BCUT2D eigenvalue weighted by molar-refractivity contribution is -0.152. The maximum absolute atomic E-state index is 14.8. The molecule has 1 heterocycles. The van der Waals surface area contributed by atoms with Gasteiger partial charge < -0.3 is 38.8 Å². The van der Waals surface area contributed by atoms with Crippen LogP contribution in [-0.2, 0) is 30.3 Å². The lowest BCUT2D eigenvalue weighted by Gasteiger charge is -2.39. The Morgan fingerprint density at radius 2 is 1.60 bits per heavy atom. The molecule has 1 aliphatic carbocycles. The smallest absolute Gasteiger partial charge is 0.231 e. The van der Waals surface area contributed by atoms with Gasteiger partial charge in [0.1, 0.15) is 28.9 Å². The fraction of sp³-hybridized carbons (Fsp3) is 0.429. The predicted octanol–water partition coefficient (Wildman–Crippen LogP) is 4.47. The number of Topliss-reactive ketones (excluding diaryl/α,β-unsaturated/α-hetero) is 1. The standard InChI is InChI=1S/C35H41NO9/c1-6-43-28(44-7-2)14-11-19-36-33(38)29-30(22-12-9-8-10-13-22)35(23-15-17-24(40-3)18-16-23)34(39,32(29)37)31-26(42-5)20-25(41-4)21-27(31)45-35/h8-10,12-13,15-18,20-21,28-30,39H,6-7,11,14,19H2,1-5H3,(H,36,38)/t29?,30-,34+,35+/m1/s1. The van der Waals surface area contributed by atoms with E-state index in [-0.39, 0.29) is 29.9 Å². The molecular formula is C35H41NO9. The van der Waals surface area contributed by atoms with Gasteiger partial charge in [0.05, 0.1) is 32.8 Å². The maximum Gasteiger partial charge on any atom is 0.231 e. The van der Waals surface area contributed by atoms with Crippen molar-refractivity contribution in [1.29, 1.82) is 0 Å². The summed E-state index contributed by atoms with van der Waals surface area (Å²) in [5, 5.41) is 15.9. The summed E-state index contributed by atoms with van der Waals surface area (Å²) in [6.45, 7) is 5.10. The van der Waals surface area contributed by atoms with Gasteiger partial charge in [-0.25, -0.2) is 0 Å². The van der Waals surface area contributed by atoms with Crippen LogP contribution in [0.2, 0.25) is 0 Å². The molecule has 2 N–H and O–H groups in total. The number of ketones is 1. The largest absolute Gasteiger partial charge is 0.497 e. The number of methoxy groups -OCH3 is 3. The topological polar surface area (TPSA) is 122 Å². The summed E-state index contributed by atoms with van der Waals surface area (Å²) in [6.07, 6.45) is 0.751. The summed E-state index contributed by atoms with van der Waals surface area (Å²) in [5.74, 6) is -1.96. The SMILES string of the molecule is CCOC(CCCNC(=O)C1C(=O)[C@@]2(O)c3c(OC)cc(OC)cc3O[C@@]2(c2ccc(OC)cc2)[C@@H]1c1ccccc1)OCC. The third-order valence-corrected chi connectivity index (χ3v) is 8.66. The molecule has 1 fully saturated rings. The van der Waals surface area contributed by atoms with E-state index in [1.54, 1.807) is 43.5 Å². The van der Waals surface area contributed by atoms with E-state index in [4.69, 9.17) is 28.4 Å². The Balaban J connectivity index is 1.63. The molecule has 5 rings (SSSR count). The molecule has 10 nitrogen and oxygen atoms in total. The van der Waals surface area contributed by atoms with E-state index in [1.165, 1.54) is 14.2 Å². The highest BCUT2D eigenvalue weighted by Gasteiger charge is 2.78. The number of ether oxygens (including phenoxy) is 6. The summed E-state index contributed by atoms with van der Waals surface area (Å²) in [4.78, 5) is 28.9. The minimum Gasteiger partial charge on any atom is -0.497 e. The van der Waals surface area contributed by atoms with E-state index >= 15 is 0 Å². The number of carbonyl (C=O) groups is 2. The first-order chi connectivity index (χ1) is 21.8. The van der Waals surface area contributed by atoms with Crippen molar-refractivity contribution in [1.82, 2.24) is 5.32 Å². The second kappa shape index (κ2) is 13.5. The monoisotopic (exact) mass is 619 g/mol. The Morgan fingerprint density at radius 3 is 2.20 bits per heavy atom. The number of aliphatic hydroxyl groups is 1. The van der Waals surface area contributed by atoms with E-state index < -0.39 is 34.7 Å². The van der Waals surface area contributed by atoms with Crippen LogP contribution in [0.4, 0.5) is 0 Å². The maximum atomic E-state index is 14.8. The van der Waals surface area contributed by atoms with Crippen molar-refractivity contribution in [3.05, 3.63) is 83.4 Å². The second-order valence-electron chi connectivity index (χ2n) is 11.0. The molecule has 1 amide bonds. The molecule has 10 heteroatoms. The molecule has 0 aromatic heterocycles. The number of hydrogen-bond donors (Lipinski definition) is 2. The molecule has 240 valence electrons. The zero-order valence-corrected chi connectivity index (χ0v) is 26.3. The van der Waals surface area contributed by atoms with Crippen molar-refractivity contribution in [3.63, 3.8) is 0 Å². The van der Waals surface area contributed by atoms with E-state index in [0.717, 1.165) is 0 Å². The minimum atomic E-state index is -2.30. The molecule has 0 saturated heterocycles. The fourth-order valence-electron chi connectivity index (χ4n) is 6.74. The van der Waals surface area contributed by atoms with Crippen molar-refractivity contribution in [2.75, 3.05) is 41.1 Å². The Kier molecular flexibility index (Phi) is 9.67. The van der Waals surface area contributed by atoms with Crippen LogP contribution in [0, 0.1) is 5.92 Å². The average molecular weight is 620 g/mol. The highest BCUT2D eigenvalue weighted by atomic mass is 16.7. The normalized spacial score (nSPS) is 23.3. The van der Waals surface area contributed by atoms with E-state index in [2.05, 4.69) is 5.32 Å². The van der Waals surface area contributed by atoms with Gasteiger partial charge in [-0.3, -0.25) is 9.59 Å². The molecule has 1 aliphatic heterocycles. The van der Waals surface area contributed by atoms with Gasteiger partial charge in [-0.2, -0.15) is 0 Å². The van der Waals surface area contributed by atoms with Crippen LogP contribution in [0.15, 0.2) is 66.7 Å². The fourth-order valence-corrected chi connectivity index (χ4v) is 6.74. The third-order valence-electron chi connectivity index (χ3n) is 8.66. The van der Waals surface area contributed by atoms with Crippen LogP contribution in [0.25, 0.3) is 0 Å². The lowest BCUT2D eigenvalue weighted by Crippen LogP contribution is -2.50. The number of rotatable bonds is 14. The van der Waals surface area contributed by atoms with Gasteiger partial charge >= 0.3 is 0 Å². The molecule has 4 atom stereocenters. The molecule has 0 radical (unpaired) electrons. The zero-order valence-electron chi connectivity index (χ0n) is 26.3. The Morgan fingerprint density at radius 1 is 0.933 bits per heavy atom. The zero-order chi connectivity index (χ0) is 32.2. The van der Waals surface area contributed by atoms with Crippen molar-refractivity contribution in [2.24, 2.45) is 5.92 Å². The molecule has 1 unspecified atom stereocenters. The minimum absolute atomic E-state index is 0.152. The van der Waals surface area contributed by atoms with Gasteiger partial charge in [-0.05, 0) is 38.0 Å². The van der Waals surface area contributed by atoms with Crippen LogP contribution in [0.3, 0.4) is 0 Å². The summed E-state index contributed by atoms with van der Waals surface area (Å²) < 4.78 is 34.6. The van der Waals surface area contributed by atoms with Gasteiger partial charge in [0.25, 0.3) is 0 Å². The molecule has 3 aromatic carbocycles. The highest BCUT2D eigenvalue weighted by molar-refractivity contribution is 6.11. The number of hydrogen-bond acceptors (Lipinski definition) is 9. The number of benzene rings is 3. The number of nitrogens with one attached hydrogen (secondary N) is 1. The molecule has 1 saturated carbocycles. The van der Waals surface area contributed by atoms with E-state index in [0.29, 0.717) is 48.7 Å². The predicted molar refractivity (Wildman–Crippen MR) is 166 cm³/mol. The third kappa shape index (κ3) is 5.41. The quantitative estimate of drug-likeness (QED) is 0.153. The van der Waals surface area contributed by atoms with Gasteiger partial charge in [0, 0.05) is 43.9 Å².